The van der Waals surface area contributed by atoms with E-state index in [1.807, 2.05) is 56.5 Å². The summed E-state index contributed by atoms with van der Waals surface area (Å²) in [6.45, 7) is 11.1. The third-order valence-electron chi connectivity index (χ3n) is 15.1. The van der Waals surface area contributed by atoms with Gasteiger partial charge in [0.15, 0.2) is 11.3 Å². The van der Waals surface area contributed by atoms with Crippen LogP contribution in [0.1, 0.15) is 109 Å². The molecule has 410 valence electrons. The summed E-state index contributed by atoms with van der Waals surface area (Å²) in [5.74, 6) is -4.20. The Hall–Kier alpha value is -4.96. The minimum Gasteiger partial charge on any atom is -0.379 e. The number of carbonyl (C=O) groups is 7. The first kappa shape index (κ1) is 59.9. The number of nitrogens with two attached hydrogens (primary N) is 1. The summed E-state index contributed by atoms with van der Waals surface area (Å²) < 4.78 is 28.8. The van der Waals surface area contributed by atoms with Crippen molar-refractivity contribution in [3.05, 3.63) is 64.6 Å². The molecule has 3 aliphatic rings. The maximum atomic E-state index is 15.1. The lowest BCUT2D eigenvalue weighted by atomic mass is 9.72. The van der Waals surface area contributed by atoms with Crippen molar-refractivity contribution in [2.45, 2.75) is 140 Å². The summed E-state index contributed by atoms with van der Waals surface area (Å²) in [5.41, 5.74) is 4.77. The highest BCUT2D eigenvalue weighted by molar-refractivity contribution is 7.09. The zero-order chi connectivity index (χ0) is 54.0. The lowest BCUT2D eigenvalue weighted by molar-refractivity contribution is -0.155. The van der Waals surface area contributed by atoms with Crippen molar-refractivity contribution in [1.82, 2.24) is 30.3 Å². The number of rotatable bonds is 32. The summed E-state index contributed by atoms with van der Waals surface area (Å²) in [7, 11) is 4.68. The van der Waals surface area contributed by atoms with Crippen LogP contribution in [-0.4, -0.2) is 170 Å². The normalized spacial score (nSPS) is 19.7. The van der Waals surface area contributed by atoms with Gasteiger partial charge in [-0.1, -0.05) is 84.2 Å². The minimum absolute atomic E-state index is 0.0364. The third kappa shape index (κ3) is 15.1. The molecule has 1 aliphatic carbocycles. The van der Waals surface area contributed by atoms with E-state index < -0.39 is 64.8 Å². The zero-order valence-corrected chi connectivity index (χ0v) is 45.5. The average Bonchev–Trinajstić information content (AvgIpc) is 4.25. The van der Waals surface area contributed by atoms with Gasteiger partial charge in [0.25, 0.3) is 17.7 Å². The van der Waals surface area contributed by atoms with Gasteiger partial charge in [0.1, 0.15) is 10.5 Å². The van der Waals surface area contributed by atoms with Crippen molar-refractivity contribution >= 4 is 52.6 Å². The molecule has 2 fully saturated rings. The fourth-order valence-electron chi connectivity index (χ4n) is 10.6. The molecule has 0 radical (unpaired) electrons. The number of nitrogens with one attached hydrogen (secondary N) is 2. The van der Waals surface area contributed by atoms with Crippen LogP contribution in [0.15, 0.2) is 54.1 Å². The van der Waals surface area contributed by atoms with Gasteiger partial charge in [-0.25, -0.2) is 4.98 Å². The smallest absolute Gasteiger partial charge is 0.253 e. The van der Waals surface area contributed by atoms with E-state index in [2.05, 4.69) is 15.6 Å². The second-order valence-electron chi connectivity index (χ2n) is 20.1. The molecule has 3 heterocycles. The molecule has 1 aromatic carbocycles. The van der Waals surface area contributed by atoms with Gasteiger partial charge in [0.2, 0.25) is 17.7 Å². The van der Waals surface area contributed by atoms with Crippen molar-refractivity contribution in [2.24, 2.45) is 23.5 Å². The molecule has 20 heteroatoms. The number of likely N-dealkylation sites (N-methyl/N-ethyl adjacent to an activating group) is 1. The monoisotopic (exact) mass is 1050 g/mol. The molecule has 1 saturated heterocycles. The Morgan fingerprint density at radius 2 is 1.54 bits per heavy atom. The molecule has 0 spiro atoms. The van der Waals surface area contributed by atoms with Crippen LogP contribution >= 0.6 is 11.3 Å². The number of hydrogen-bond acceptors (Lipinski definition) is 15. The summed E-state index contributed by atoms with van der Waals surface area (Å²) >= 11 is 1.48. The van der Waals surface area contributed by atoms with E-state index in [1.165, 1.54) is 35.5 Å². The average molecular weight is 1050 g/mol. The Labute approximate surface area is 440 Å². The molecule has 7 unspecified atom stereocenters. The highest BCUT2D eigenvalue weighted by Gasteiger charge is 2.57. The van der Waals surface area contributed by atoms with Crippen molar-refractivity contribution in [3.63, 3.8) is 0 Å². The second kappa shape index (κ2) is 28.8. The molecule has 5 rings (SSSR count). The van der Waals surface area contributed by atoms with E-state index in [0.29, 0.717) is 57.9 Å². The lowest BCUT2D eigenvalue weighted by Crippen LogP contribution is -2.72. The number of likely N-dealkylation sites (tertiary alicyclic amines) is 1. The first-order valence-corrected chi connectivity index (χ1v) is 27.1. The third-order valence-corrected chi connectivity index (χ3v) is 16.0. The van der Waals surface area contributed by atoms with Gasteiger partial charge < -0.3 is 49.9 Å². The molecule has 2 aliphatic heterocycles. The van der Waals surface area contributed by atoms with Crippen LogP contribution in [0.3, 0.4) is 0 Å². The fraction of sp³-hybridized carbons (Fsp3) is 0.667. The van der Waals surface area contributed by atoms with Crippen LogP contribution in [0.5, 0.6) is 0 Å². The van der Waals surface area contributed by atoms with Crippen LogP contribution in [0.25, 0.3) is 0 Å². The van der Waals surface area contributed by atoms with Gasteiger partial charge in [0, 0.05) is 58.0 Å². The van der Waals surface area contributed by atoms with E-state index in [-0.39, 0.29) is 94.6 Å². The largest absolute Gasteiger partial charge is 0.379 e. The van der Waals surface area contributed by atoms with E-state index in [1.54, 1.807) is 39.1 Å². The Balaban J connectivity index is 1.18. The molecule has 2 aromatic rings. The molecule has 6 amide bonds. The minimum atomic E-state index is -2.04. The number of Topliss-reactive ketones (excluding diaryl/α,β-unsaturated/α-hetero) is 1. The fourth-order valence-corrected chi connectivity index (χ4v) is 11.3. The van der Waals surface area contributed by atoms with Gasteiger partial charge in [-0.3, -0.25) is 38.5 Å². The van der Waals surface area contributed by atoms with Gasteiger partial charge in [-0.15, -0.1) is 11.3 Å². The van der Waals surface area contributed by atoms with Gasteiger partial charge >= 0.3 is 0 Å². The number of hydrogen-bond donors (Lipinski definition) is 3. The van der Waals surface area contributed by atoms with Gasteiger partial charge in [0.05, 0.1) is 88.9 Å². The first-order chi connectivity index (χ1) is 35.4. The molecular weight excluding hydrogens is 971 g/mol. The molecule has 0 bridgehead atoms. The Morgan fingerprint density at radius 1 is 0.905 bits per heavy atom. The summed E-state index contributed by atoms with van der Waals surface area (Å²) in [5, 5.41) is 8.89. The number of benzene rings is 1. The molecule has 1 saturated carbocycles. The van der Waals surface area contributed by atoms with Gasteiger partial charge in [-0.2, -0.15) is 0 Å². The molecule has 4 N–H and O–H groups in total. The summed E-state index contributed by atoms with van der Waals surface area (Å²) in [6.07, 6.45) is 7.13. The number of ketones is 1. The first-order valence-electron chi connectivity index (χ1n) is 26.2. The molecule has 74 heavy (non-hydrogen) atoms. The molecule has 8 atom stereocenters. The number of imide groups is 1. The van der Waals surface area contributed by atoms with Crippen molar-refractivity contribution in [3.8, 4) is 0 Å². The lowest BCUT2D eigenvalue weighted by Gasteiger charge is -2.45. The summed E-state index contributed by atoms with van der Waals surface area (Å²) in [6, 6.07) is 8.49. The topological polar surface area (TPSA) is 238 Å². The van der Waals surface area contributed by atoms with Gasteiger partial charge in [-0.05, 0) is 49.5 Å². The predicted molar refractivity (Wildman–Crippen MR) is 278 cm³/mol. The molecule has 19 nitrogen and oxygen atoms in total. The van der Waals surface area contributed by atoms with Crippen LogP contribution in [0, 0.1) is 17.8 Å². The number of methoxy groups -OCH3 is 2. The van der Waals surface area contributed by atoms with Crippen LogP contribution in [0.2, 0.25) is 0 Å². The van der Waals surface area contributed by atoms with E-state index in [4.69, 9.17) is 29.4 Å². The number of aromatic nitrogens is 1. The second-order valence-corrected chi connectivity index (χ2v) is 21.0. The Bertz CT molecular complexity index is 2170. The SMILES string of the molecule is CCC(C)C(C(CC(=O)N1CCC[C@H]1C(OC)C(C)C(=O)NC(Cc1ccccc1)c1nccs1)OC)N(C)C(=O)C(N)(C(=O)C1(NC(=O)CCOCCOCCOCCN2C(=O)C=CC2=O)CCCC1)C(C)C. The van der Waals surface area contributed by atoms with Crippen molar-refractivity contribution < 1.29 is 57.2 Å². The quantitative estimate of drug-likeness (QED) is 0.0530. The number of ether oxygens (including phenoxy) is 5. The predicted octanol–water partition coefficient (Wildman–Crippen LogP) is 4.18. The zero-order valence-electron chi connectivity index (χ0n) is 44.7. The van der Waals surface area contributed by atoms with E-state index in [0.717, 1.165) is 15.5 Å². The highest BCUT2D eigenvalue weighted by atomic mass is 32.1. The Kier molecular flexibility index (Phi) is 23.3. The van der Waals surface area contributed by atoms with Crippen LogP contribution in [0.4, 0.5) is 0 Å². The Morgan fingerprint density at radius 3 is 2.12 bits per heavy atom. The summed E-state index contributed by atoms with van der Waals surface area (Å²) in [4.78, 5) is 104. The van der Waals surface area contributed by atoms with Crippen LogP contribution < -0.4 is 16.4 Å². The maximum Gasteiger partial charge on any atom is 0.253 e. The number of amides is 6. The molecular formula is C54H81N7O12S. The highest BCUT2D eigenvalue weighted by Crippen LogP contribution is 2.38. The number of nitrogens with zero attached hydrogens (tertiary/aromatic N) is 4. The number of carbonyl (C=O) groups excluding carboxylic acids is 7. The van der Waals surface area contributed by atoms with Crippen LogP contribution in [-0.2, 0) is 63.7 Å². The van der Waals surface area contributed by atoms with E-state index >= 15 is 9.59 Å². The van der Waals surface area contributed by atoms with Crippen molar-refractivity contribution in [2.75, 3.05) is 74.0 Å². The standard InChI is InChI=1S/C54H81N7O12S/c1-9-37(4)47(42(69-7)35-46(65)60-25-15-18-41(60)48(70-8)38(5)49(66)57-40(50-56-24-33-74-50)34-39-16-11-10-12-17-39)59(6)52(68)54(55,36(2)3)51(67)53(22-13-14-23-53)58-43(62)21-27-71-29-31-73-32-30-72-28-26-61-44(63)19-20-45(61)64/h10-12,16-17,19-20,24,33,36-38,40-42,47-48H,9,13-15,18,21-23,25-32,34-35,55H2,1-8H3,(H,57,66)(H,58,62)/t37?,38?,40?,41-,42?,47?,48?,54?/m0/s1. The van der Waals surface area contributed by atoms with E-state index in [9.17, 15) is 24.0 Å². The molecule has 1 aromatic heterocycles. The maximum absolute atomic E-state index is 15.1. The van der Waals surface area contributed by atoms with Crippen molar-refractivity contribution in [1.29, 1.82) is 0 Å². The number of thiazole rings is 1.